The number of hydrogen-bond donors (Lipinski definition) is 3. The minimum atomic E-state index is -1.23. The zero-order chi connectivity index (χ0) is 15.1. The molecule has 0 aromatic rings. The summed E-state index contributed by atoms with van der Waals surface area (Å²) in [6.45, 7) is 0.827. The first-order valence-corrected chi connectivity index (χ1v) is 6.89. The topological polar surface area (TPSA) is 107 Å². The zero-order valence-corrected chi connectivity index (χ0v) is 11.7. The number of carbonyl (C=O) groups is 3. The van der Waals surface area contributed by atoms with Gasteiger partial charge in [0.15, 0.2) is 0 Å². The molecule has 1 aliphatic rings. The molecule has 0 heterocycles. The van der Waals surface area contributed by atoms with E-state index in [1.807, 2.05) is 0 Å². The van der Waals surface area contributed by atoms with Gasteiger partial charge in [-0.3, -0.25) is 9.59 Å². The molecule has 1 saturated carbocycles. The summed E-state index contributed by atoms with van der Waals surface area (Å²) < 4.78 is 0. The molecule has 2 unspecified atom stereocenters. The summed E-state index contributed by atoms with van der Waals surface area (Å²) >= 11 is 0. The van der Waals surface area contributed by atoms with Crippen molar-refractivity contribution >= 4 is 18.0 Å². The van der Waals surface area contributed by atoms with Gasteiger partial charge >= 0.3 is 18.0 Å². The molecule has 0 aromatic carbocycles. The summed E-state index contributed by atoms with van der Waals surface area (Å²) in [4.78, 5) is 34.2. The van der Waals surface area contributed by atoms with Crippen LogP contribution in [-0.4, -0.2) is 52.2 Å². The Morgan fingerprint density at radius 3 is 2.15 bits per heavy atom. The second-order valence-corrected chi connectivity index (χ2v) is 5.31. The Hall–Kier alpha value is -1.79. The molecule has 0 saturated heterocycles. The molecule has 0 spiro atoms. The molecule has 1 fully saturated rings. The van der Waals surface area contributed by atoms with Crippen LogP contribution in [0.1, 0.15) is 39.0 Å². The highest BCUT2D eigenvalue weighted by Gasteiger charge is 2.25. The number of nitrogens with one attached hydrogen (secondary N) is 1. The maximum Gasteiger partial charge on any atom is 0.323 e. The van der Waals surface area contributed by atoms with E-state index in [4.69, 9.17) is 10.2 Å². The van der Waals surface area contributed by atoms with Crippen LogP contribution in [0.5, 0.6) is 0 Å². The third-order valence-electron chi connectivity index (χ3n) is 3.61. The SMILES string of the molecule is CC1CCCCCC1NC(=O)N(CC(=O)O)CC(=O)O. The predicted octanol–water partition coefficient (Wildman–Crippen LogP) is 1.14. The van der Waals surface area contributed by atoms with Crippen molar-refractivity contribution in [2.24, 2.45) is 5.92 Å². The Morgan fingerprint density at radius 1 is 1.05 bits per heavy atom. The van der Waals surface area contributed by atoms with E-state index in [1.165, 1.54) is 0 Å². The zero-order valence-electron chi connectivity index (χ0n) is 11.7. The lowest BCUT2D eigenvalue weighted by Gasteiger charge is -2.27. The van der Waals surface area contributed by atoms with Crippen molar-refractivity contribution in [3.05, 3.63) is 0 Å². The average Bonchev–Trinajstić information content (AvgIpc) is 2.53. The van der Waals surface area contributed by atoms with E-state index in [0.29, 0.717) is 5.92 Å². The quantitative estimate of drug-likeness (QED) is 0.657. The van der Waals surface area contributed by atoms with Gasteiger partial charge in [-0.15, -0.1) is 0 Å². The average molecular weight is 286 g/mol. The molecule has 1 aliphatic carbocycles. The van der Waals surface area contributed by atoms with Crippen LogP contribution < -0.4 is 5.32 Å². The minimum absolute atomic E-state index is 0.0184. The number of aliphatic carboxylic acids is 2. The van der Waals surface area contributed by atoms with Gasteiger partial charge < -0.3 is 20.4 Å². The van der Waals surface area contributed by atoms with Crippen molar-refractivity contribution in [2.75, 3.05) is 13.1 Å². The van der Waals surface area contributed by atoms with Crippen LogP contribution >= 0.6 is 0 Å². The Kier molecular flexibility index (Phi) is 6.27. The van der Waals surface area contributed by atoms with Gasteiger partial charge in [0.05, 0.1) is 0 Å². The summed E-state index contributed by atoms with van der Waals surface area (Å²) in [5, 5.41) is 20.2. The summed E-state index contributed by atoms with van der Waals surface area (Å²) in [7, 11) is 0. The summed E-state index contributed by atoms with van der Waals surface area (Å²) in [5.41, 5.74) is 0. The lowest BCUT2D eigenvalue weighted by atomic mass is 9.97. The maximum absolute atomic E-state index is 12.0. The fourth-order valence-electron chi connectivity index (χ4n) is 2.48. The molecular weight excluding hydrogens is 264 g/mol. The molecule has 7 heteroatoms. The fourth-order valence-corrected chi connectivity index (χ4v) is 2.48. The van der Waals surface area contributed by atoms with Gasteiger partial charge in [0.1, 0.15) is 13.1 Å². The van der Waals surface area contributed by atoms with E-state index in [-0.39, 0.29) is 6.04 Å². The van der Waals surface area contributed by atoms with E-state index >= 15 is 0 Å². The number of nitrogens with zero attached hydrogens (tertiary/aromatic N) is 1. The molecule has 114 valence electrons. The number of rotatable bonds is 5. The van der Waals surface area contributed by atoms with Crippen molar-refractivity contribution in [3.8, 4) is 0 Å². The van der Waals surface area contributed by atoms with Crippen LogP contribution in [0.2, 0.25) is 0 Å². The summed E-state index contributed by atoms with van der Waals surface area (Å²) in [6, 6.07) is -0.636. The van der Waals surface area contributed by atoms with E-state index in [0.717, 1.165) is 37.0 Å². The third-order valence-corrected chi connectivity index (χ3v) is 3.61. The number of hydrogen-bond acceptors (Lipinski definition) is 3. The molecule has 0 bridgehead atoms. The predicted molar refractivity (Wildman–Crippen MR) is 71.4 cm³/mol. The standard InChI is InChI=1S/C13H22N2O5/c1-9-5-3-2-4-6-10(9)14-13(20)15(7-11(16)17)8-12(18)19/h9-10H,2-8H2,1H3,(H,14,20)(H,16,17)(H,18,19). The Bertz CT molecular complexity index is 356. The van der Waals surface area contributed by atoms with Gasteiger partial charge in [-0.05, 0) is 18.8 Å². The van der Waals surface area contributed by atoms with Crippen LogP contribution in [0.15, 0.2) is 0 Å². The molecule has 3 N–H and O–H groups in total. The largest absolute Gasteiger partial charge is 0.480 e. The Labute approximate surface area is 117 Å². The van der Waals surface area contributed by atoms with Crippen molar-refractivity contribution < 1.29 is 24.6 Å². The monoisotopic (exact) mass is 286 g/mol. The Balaban J connectivity index is 2.63. The normalized spacial score (nSPS) is 22.6. The molecule has 0 radical (unpaired) electrons. The van der Waals surface area contributed by atoms with Crippen LogP contribution in [0.3, 0.4) is 0 Å². The molecule has 7 nitrogen and oxygen atoms in total. The highest BCUT2D eigenvalue weighted by atomic mass is 16.4. The van der Waals surface area contributed by atoms with Crippen LogP contribution in [0.4, 0.5) is 4.79 Å². The first-order valence-electron chi connectivity index (χ1n) is 6.89. The van der Waals surface area contributed by atoms with Gasteiger partial charge in [0, 0.05) is 6.04 Å². The van der Waals surface area contributed by atoms with Gasteiger partial charge in [-0.25, -0.2) is 4.79 Å². The van der Waals surface area contributed by atoms with E-state index < -0.39 is 31.1 Å². The highest BCUT2D eigenvalue weighted by molar-refractivity contribution is 5.84. The van der Waals surface area contributed by atoms with Gasteiger partial charge in [-0.1, -0.05) is 26.2 Å². The van der Waals surface area contributed by atoms with Crippen molar-refractivity contribution in [1.82, 2.24) is 10.2 Å². The number of carbonyl (C=O) groups excluding carboxylic acids is 1. The Morgan fingerprint density at radius 2 is 1.60 bits per heavy atom. The lowest BCUT2D eigenvalue weighted by molar-refractivity contribution is -0.140. The van der Waals surface area contributed by atoms with Crippen LogP contribution in [0, 0.1) is 5.92 Å². The second kappa shape index (κ2) is 7.72. The number of amides is 2. The van der Waals surface area contributed by atoms with E-state index in [1.54, 1.807) is 0 Å². The number of urea groups is 1. The first-order chi connectivity index (χ1) is 9.40. The third kappa shape index (κ3) is 5.46. The minimum Gasteiger partial charge on any atom is -0.480 e. The molecule has 2 atom stereocenters. The molecule has 20 heavy (non-hydrogen) atoms. The van der Waals surface area contributed by atoms with Gasteiger partial charge in [0.2, 0.25) is 0 Å². The fraction of sp³-hybridized carbons (Fsp3) is 0.769. The lowest BCUT2D eigenvalue weighted by Crippen LogP contribution is -2.50. The maximum atomic E-state index is 12.0. The number of carboxylic acids is 2. The highest BCUT2D eigenvalue weighted by Crippen LogP contribution is 2.23. The van der Waals surface area contributed by atoms with Gasteiger partial charge in [-0.2, -0.15) is 0 Å². The molecule has 0 aliphatic heterocycles. The molecule has 0 aromatic heterocycles. The summed E-state index contributed by atoms with van der Waals surface area (Å²) in [6.07, 6.45) is 5.14. The van der Waals surface area contributed by atoms with Gasteiger partial charge in [0.25, 0.3) is 0 Å². The van der Waals surface area contributed by atoms with Crippen molar-refractivity contribution in [1.29, 1.82) is 0 Å². The van der Waals surface area contributed by atoms with Crippen molar-refractivity contribution in [2.45, 2.75) is 45.1 Å². The number of carboxylic acid groups (broad SMARTS) is 2. The van der Waals surface area contributed by atoms with Crippen LogP contribution in [-0.2, 0) is 9.59 Å². The molecule has 2 amide bonds. The van der Waals surface area contributed by atoms with E-state index in [2.05, 4.69) is 12.2 Å². The smallest absolute Gasteiger partial charge is 0.323 e. The second-order valence-electron chi connectivity index (χ2n) is 5.31. The van der Waals surface area contributed by atoms with E-state index in [9.17, 15) is 14.4 Å². The first kappa shape index (κ1) is 16.3. The molecule has 1 rings (SSSR count). The molecular formula is C13H22N2O5. The van der Waals surface area contributed by atoms with Crippen molar-refractivity contribution in [3.63, 3.8) is 0 Å². The summed E-state index contributed by atoms with van der Waals surface area (Å²) in [5.74, 6) is -2.14. The van der Waals surface area contributed by atoms with Crippen LogP contribution in [0.25, 0.3) is 0 Å².